The quantitative estimate of drug-likeness (QED) is 0.296. The van der Waals surface area contributed by atoms with Crippen molar-refractivity contribution in [1.29, 1.82) is 0 Å². The fourth-order valence-electron chi connectivity index (χ4n) is 3.52. The Morgan fingerprint density at radius 2 is 1.59 bits per heavy atom. The standard InChI is InChI=1S/C23H34BrNO6S2Si/c1-23(2,34(5,6)30)15-20(16-24)19-12-13-22(31-17-18-10-8-7-9-11-18)21(14-19)25(32(3,26)27)33(4,28)29/h7-14,20,30H,15-17H2,1-6H3/t20-/m0/s1. The van der Waals surface area contributed by atoms with Crippen molar-refractivity contribution in [3.05, 3.63) is 59.7 Å². The zero-order chi connectivity index (χ0) is 25.9. The Hall–Kier alpha value is -1.40. The van der Waals surface area contributed by atoms with Crippen LogP contribution < -0.4 is 8.45 Å². The highest BCUT2D eigenvalue weighted by Crippen LogP contribution is 2.46. The Morgan fingerprint density at radius 3 is 2.06 bits per heavy atom. The van der Waals surface area contributed by atoms with Gasteiger partial charge in [-0.3, -0.25) is 0 Å². The third-order valence-corrected chi connectivity index (χ3v) is 13.6. The maximum atomic E-state index is 12.6. The van der Waals surface area contributed by atoms with Crippen molar-refractivity contribution >= 4 is 50.0 Å². The van der Waals surface area contributed by atoms with E-state index < -0.39 is 28.4 Å². The smallest absolute Gasteiger partial charge is 0.245 e. The molecule has 1 N–H and O–H groups in total. The first-order valence-electron chi connectivity index (χ1n) is 10.8. The Morgan fingerprint density at radius 1 is 1.03 bits per heavy atom. The molecule has 0 spiro atoms. The van der Waals surface area contributed by atoms with Gasteiger partial charge in [-0.15, -0.1) is 0 Å². The number of hydrogen-bond donors (Lipinski definition) is 1. The number of rotatable bonds is 11. The van der Waals surface area contributed by atoms with Crippen molar-refractivity contribution in [3.63, 3.8) is 0 Å². The number of halogens is 1. The van der Waals surface area contributed by atoms with Crippen molar-refractivity contribution in [2.45, 2.75) is 50.9 Å². The molecule has 190 valence electrons. The normalized spacial score (nSPS) is 14.0. The summed E-state index contributed by atoms with van der Waals surface area (Å²) in [6.45, 7) is 7.96. The molecule has 2 aromatic carbocycles. The first kappa shape index (κ1) is 28.8. The fourth-order valence-corrected chi connectivity index (χ4v) is 7.84. The molecule has 0 unspecified atom stereocenters. The van der Waals surface area contributed by atoms with Crippen LogP contribution in [-0.4, -0.2) is 47.8 Å². The van der Waals surface area contributed by atoms with Crippen LogP contribution in [0.4, 0.5) is 5.69 Å². The summed E-state index contributed by atoms with van der Waals surface area (Å²) in [6, 6.07) is 14.3. The van der Waals surface area contributed by atoms with Gasteiger partial charge in [0.15, 0.2) is 8.32 Å². The van der Waals surface area contributed by atoms with Gasteiger partial charge < -0.3 is 9.53 Å². The number of alkyl halides is 1. The van der Waals surface area contributed by atoms with Crippen molar-refractivity contribution < 1.29 is 26.4 Å². The van der Waals surface area contributed by atoms with Crippen LogP contribution in [0.1, 0.15) is 37.3 Å². The Kier molecular flexibility index (Phi) is 9.07. The summed E-state index contributed by atoms with van der Waals surface area (Å²) in [5.74, 6) is 0.0599. The number of anilines is 1. The molecule has 0 heterocycles. The van der Waals surface area contributed by atoms with Crippen LogP contribution in [0.2, 0.25) is 18.1 Å². The fraction of sp³-hybridized carbons (Fsp3) is 0.478. The van der Waals surface area contributed by atoms with Gasteiger partial charge in [-0.1, -0.05) is 66.2 Å². The second-order valence-corrected chi connectivity index (χ2v) is 18.7. The third kappa shape index (κ3) is 7.30. The molecule has 0 aliphatic rings. The lowest BCUT2D eigenvalue weighted by Gasteiger charge is -2.38. The maximum absolute atomic E-state index is 12.6. The molecule has 11 heteroatoms. The molecule has 0 amide bonds. The molecule has 7 nitrogen and oxygen atoms in total. The van der Waals surface area contributed by atoms with Crippen molar-refractivity contribution in [2.75, 3.05) is 21.6 Å². The first-order chi connectivity index (χ1) is 15.5. The number of nitrogens with zero attached hydrogens (tertiary/aromatic N) is 1. The van der Waals surface area contributed by atoms with Gasteiger partial charge in [-0.05, 0) is 53.7 Å². The summed E-state index contributed by atoms with van der Waals surface area (Å²) in [5, 5.41) is 0.226. The van der Waals surface area contributed by atoms with E-state index in [2.05, 4.69) is 15.9 Å². The van der Waals surface area contributed by atoms with Crippen LogP contribution in [0.3, 0.4) is 0 Å². The molecular weight excluding hydrogens is 558 g/mol. The van der Waals surface area contributed by atoms with Crippen LogP contribution in [-0.2, 0) is 26.7 Å². The number of ether oxygens (including phenoxy) is 1. The summed E-state index contributed by atoms with van der Waals surface area (Å²) in [4.78, 5) is 10.8. The predicted molar refractivity (Wildman–Crippen MR) is 144 cm³/mol. The van der Waals surface area contributed by atoms with E-state index in [0.717, 1.165) is 23.6 Å². The first-order valence-corrected chi connectivity index (χ1v) is 18.5. The molecule has 0 aliphatic heterocycles. The molecule has 34 heavy (non-hydrogen) atoms. The van der Waals surface area contributed by atoms with E-state index in [4.69, 9.17) is 4.74 Å². The van der Waals surface area contributed by atoms with Crippen molar-refractivity contribution in [1.82, 2.24) is 0 Å². The van der Waals surface area contributed by atoms with E-state index >= 15 is 0 Å². The minimum Gasteiger partial charge on any atom is -0.487 e. The second-order valence-electron chi connectivity index (χ2n) is 9.72. The molecule has 0 saturated heterocycles. The maximum Gasteiger partial charge on any atom is 0.245 e. The summed E-state index contributed by atoms with van der Waals surface area (Å²) >= 11 is 3.54. The SMILES string of the molecule is CC(C)(C[C@@H](CBr)c1ccc(OCc2ccccc2)c(N(S(C)(=O)=O)S(C)(=O)=O)c1)[Si](C)(C)O. The molecular formula is C23H34BrNO6S2Si. The Balaban J connectivity index is 2.60. The van der Waals surface area contributed by atoms with Crippen LogP contribution >= 0.6 is 15.9 Å². The molecule has 0 aliphatic carbocycles. The molecule has 0 radical (unpaired) electrons. The number of sulfonamides is 2. The average Bonchev–Trinajstić information content (AvgIpc) is 2.69. The lowest BCUT2D eigenvalue weighted by Crippen LogP contribution is -2.40. The summed E-state index contributed by atoms with van der Waals surface area (Å²) in [6.07, 6.45) is 2.34. The van der Waals surface area contributed by atoms with E-state index in [1.54, 1.807) is 12.1 Å². The molecule has 1 atom stereocenters. The summed E-state index contributed by atoms with van der Waals surface area (Å²) < 4.78 is 56.6. The number of hydrogen-bond acceptors (Lipinski definition) is 6. The lowest BCUT2D eigenvalue weighted by molar-refractivity contribution is 0.307. The lowest BCUT2D eigenvalue weighted by atomic mass is 9.91. The minimum atomic E-state index is -4.17. The minimum absolute atomic E-state index is 0.0531. The summed E-state index contributed by atoms with van der Waals surface area (Å²) in [7, 11) is -10.8. The van der Waals surface area contributed by atoms with Crippen molar-refractivity contribution in [3.8, 4) is 5.75 Å². The van der Waals surface area contributed by atoms with E-state index in [0.29, 0.717) is 15.5 Å². The monoisotopic (exact) mass is 591 g/mol. The third-order valence-electron chi connectivity index (χ3n) is 6.09. The Bertz CT molecular complexity index is 1160. The molecule has 0 saturated carbocycles. The number of benzene rings is 2. The van der Waals surface area contributed by atoms with Gasteiger partial charge in [-0.2, -0.15) is 3.71 Å². The summed E-state index contributed by atoms with van der Waals surface area (Å²) in [5.41, 5.74) is 1.56. The largest absolute Gasteiger partial charge is 0.487 e. The van der Waals surface area contributed by atoms with Crippen LogP contribution in [0, 0.1) is 0 Å². The van der Waals surface area contributed by atoms with E-state index in [-0.39, 0.29) is 29.0 Å². The van der Waals surface area contributed by atoms with Gasteiger partial charge in [0.2, 0.25) is 20.0 Å². The van der Waals surface area contributed by atoms with Gasteiger partial charge >= 0.3 is 0 Å². The van der Waals surface area contributed by atoms with Gasteiger partial charge in [0.05, 0.1) is 12.5 Å². The Labute approximate surface area is 213 Å². The van der Waals surface area contributed by atoms with Crippen LogP contribution in [0.25, 0.3) is 0 Å². The highest BCUT2D eigenvalue weighted by molar-refractivity contribution is 9.09. The van der Waals surface area contributed by atoms with Gasteiger partial charge in [0.1, 0.15) is 18.0 Å². The van der Waals surface area contributed by atoms with Gasteiger partial charge in [-0.25, -0.2) is 16.8 Å². The highest BCUT2D eigenvalue weighted by Gasteiger charge is 2.40. The molecule has 0 bridgehead atoms. The molecule has 2 aromatic rings. The topological polar surface area (TPSA) is 101 Å². The van der Waals surface area contributed by atoms with Gasteiger partial charge in [0.25, 0.3) is 0 Å². The van der Waals surface area contributed by atoms with Crippen LogP contribution in [0.15, 0.2) is 48.5 Å². The second kappa shape index (κ2) is 10.7. The molecule has 0 aromatic heterocycles. The van der Waals surface area contributed by atoms with Crippen LogP contribution in [0.5, 0.6) is 5.75 Å². The molecule has 0 fully saturated rings. The van der Waals surface area contributed by atoms with E-state index in [1.165, 1.54) is 0 Å². The predicted octanol–water partition coefficient (Wildman–Crippen LogP) is 4.84. The van der Waals surface area contributed by atoms with Crippen molar-refractivity contribution in [2.24, 2.45) is 0 Å². The average molecular weight is 593 g/mol. The zero-order valence-corrected chi connectivity index (χ0v) is 24.7. The highest BCUT2D eigenvalue weighted by atomic mass is 79.9. The van der Waals surface area contributed by atoms with Gasteiger partial charge in [0, 0.05) is 5.33 Å². The zero-order valence-electron chi connectivity index (χ0n) is 20.4. The molecule has 2 rings (SSSR count). The van der Waals surface area contributed by atoms with E-state index in [1.807, 2.05) is 63.3 Å². The van der Waals surface area contributed by atoms with E-state index in [9.17, 15) is 21.6 Å².